The molecule has 1 aromatic heterocycles. The highest BCUT2D eigenvalue weighted by Gasteiger charge is 2.18. The van der Waals surface area contributed by atoms with Crippen LogP contribution in [0.3, 0.4) is 0 Å². The Morgan fingerprint density at radius 1 is 1.17 bits per heavy atom. The predicted octanol–water partition coefficient (Wildman–Crippen LogP) is 1.81. The van der Waals surface area contributed by atoms with Crippen LogP contribution in [0, 0.1) is 12.7 Å². The molecule has 2 aromatic rings. The van der Waals surface area contributed by atoms with E-state index in [-0.39, 0.29) is 5.82 Å². The quantitative estimate of drug-likeness (QED) is 0.848. The molecule has 126 valence electrons. The van der Waals surface area contributed by atoms with E-state index in [1.54, 1.807) is 17.0 Å². The van der Waals surface area contributed by atoms with E-state index in [0.717, 1.165) is 36.6 Å². The number of anilines is 2. The number of halogens is 1. The first-order valence-electron chi connectivity index (χ1n) is 7.92. The molecule has 1 saturated heterocycles. The van der Waals surface area contributed by atoms with Crippen molar-refractivity contribution < 1.29 is 9.18 Å². The molecule has 1 N–H and O–H groups in total. The molecule has 3 rings (SSSR count). The van der Waals surface area contributed by atoms with Gasteiger partial charge in [-0.2, -0.15) is 4.98 Å². The SMILES string of the molecule is Cc1cc(NCc2ccc(F)cc2)nc(N2CCN(C=O)CC2)n1. The van der Waals surface area contributed by atoms with Crippen LogP contribution in [0.4, 0.5) is 16.2 Å². The molecule has 0 spiro atoms. The fraction of sp³-hybridized carbons (Fsp3) is 0.353. The van der Waals surface area contributed by atoms with Gasteiger partial charge in [0.15, 0.2) is 0 Å². The number of nitrogens with one attached hydrogen (secondary N) is 1. The lowest BCUT2D eigenvalue weighted by molar-refractivity contribution is -0.118. The third-order valence-corrected chi connectivity index (χ3v) is 3.98. The number of hydrogen-bond donors (Lipinski definition) is 1. The molecule has 0 radical (unpaired) electrons. The average Bonchev–Trinajstić information content (AvgIpc) is 2.61. The second-order valence-corrected chi connectivity index (χ2v) is 5.80. The number of amides is 1. The van der Waals surface area contributed by atoms with Crippen molar-refractivity contribution >= 4 is 18.2 Å². The summed E-state index contributed by atoms with van der Waals surface area (Å²) in [6.45, 7) is 5.29. The van der Waals surface area contributed by atoms with Crippen molar-refractivity contribution in [3.63, 3.8) is 0 Å². The van der Waals surface area contributed by atoms with Crippen molar-refractivity contribution in [1.82, 2.24) is 14.9 Å². The van der Waals surface area contributed by atoms with Crippen molar-refractivity contribution in [3.8, 4) is 0 Å². The molecule has 1 amide bonds. The zero-order chi connectivity index (χ0) is 16.9. The molecule has 0 atom stereocenters. The summed E-state index contributed by atoms with van der Waals surface area (Å²) in [6.07, 6.45) is 0.879. The van der Waals surface area contributed by atoms with Gasteiger partial charge in [0, 0.05) is 44.5 Å². The molecule has 0 bridgehead atoms. The Bertz CT molecular complexity index is 699. The summed E-state index contributed by atoms with van der Waals surface area (Å²) in [4.78, 5) is 23.7. The molecule has 1 aliphatic heterocycles. The second kappa shape index (κ2) is 7.25. The number of aromatic nitrogens is 2. The molecular formula is C17H20FN5O. The van der Waals surface area contributed by atoms with Crippen LogP contribution in [0.5, 0.6) is 0 Å². The van der Waals surface area contributed by atoms with Crippen LogP contribution in [0.15, 0.2) is 30.3 Å². The van der Waals surface area contributed by atoms with E-state index in [0.29, 0.717) is 25.6 Å². The van der Waals surface area contributed by atoms with Gasteiger partial charge >= 0.3 is 0 Å². The van der Waals surface area contributed by atoms with Crippen LogP contribution < -0.4 is 10.2 Å². The minimum Gasteiger partial charge on any atom is -0.366 e. The lowest BCUT2D eigenvalue weighted by Crippen LogP contribution is -2.46. The summed E-state index contributed by atoms with van der Waals surface area (Å²) in [7, 11) is 0. The average molecular weight is 329 g/mol. The van der Waals surface area contributed by atoms with Gasteiger partial charge in [-0.05, 0) is 24.6 Å². The molecule has 7 heteroatoms. The van der Waals surface area contributed by atoms with Crippen LogP contribution in [0.1, 0.15) is 11.3 Å². The monoisotopic (exact) mass is 329 g/mol. The summed E-state index contributed by atoms with van der Waals surface area (Å²) in [5.74, 6) is 1.16. The normalized spacial score (nSPS) is 14.6. The second-order valence-electron chi connectivity index (χ2n) is 5.80. The minimum absolute atomic E-state index is 0.242. The third kappa shape index (κ3) is 3.98. The molecule has 0 saturated carbocycles. The molecule has 6 nitrogen and oxygen atoms in total. The fourth-order valence-electron chi connectivity index (χ4n) is 2.61. The number of rotatable bonds is 5. The van der Waals surface area contributed by atoms with Gasteiger partial charge in [0.25, 0.3) is 0 Å². The fourth-order valence-corrected chi connectivity index (χ4v) is 2.61. The Morgan fingerprint density at radius 3 is 2.54 bits per heavy atom. The maximum absolute atomic E-state index is 12.9. The smallest absolute Gasteiger partial charge is 0.227 e. The first-order chi connectivity index (χ1) is 11.6. The zero-order valence-corrected chi connectivity index (χ0v) is 13.6. The number of nitrogens with zero attached hydrogens (tertiary/aromatic N) is 4. The van der Waals surface area contributed by atoms with Gasteiger partial charge < -0.3 is 15.1 Å². The molecule has 1 aliphatic rings. The third-order valence-electron chi connectivity index (χ3n) is 3.98. The Morgan fingerprint density at radius 2 is 1.88 bits per heavy atom. The van der Waals surface area contributed by atoms with Crippen molar-refractivity contribution in [2.24, 2.45) is 0 Å². The van der Waals surface area contributed by atoms with Crippen LogP contribution in [0.25, 0.3) is 0 Å². The van der Waals surface area contributed by atoms with E-state index in [9.17, 15) is 9.18 Å². The summed E-state index contributed by atoms with van der Waals surface area (Å²) in [6, 6.07) is 8.26. The van der Waals surface area contributed by atoms with Crippen molar-refractivity contribution in [2.45, 2.75) is 13.5 Å². The Kier molecular flexibility index (Phi) is 4.88. The first kappa shape index (κ1) is 16.2. The summed E-state index contributed by atoms with van der Waals surface area (Å²) < 4.78 is 12.9. The lowest BCUT2D eigenvalue weighted by Gasteiger charge is -2.32. The van der Waals surface area contributed by atoms with Crippen molar-refractivity contribution in [2.75, 3.05) is 36.4 Å². The van der Waals surface area contributed by atoms with E-state index >= 15 is 0 Å². The molecule has 1 fully saturated rings. The number of piperazine rings is 1. The van der Waals surface area contributed by atoms with Crippen LogP contribution in [0.2, 0.25) is 0 Å². The lowest BCUT2D eigenvalue weighted by atomic mass is 10.2. The highest BCUT2D eigenvalue weighted by atomic mass is 19.1. The summed E-state index contributed by atoms with van der Waals surface area (Å²) in [5.41, 5.74) is 1.85. The first-order valence-corrected chi connectivity index (χ1v) is 7.92. The van der Waals surface area contributed by atoms with Gasteiger partial charge in [0.2, 0.25) is 12.4 Å². The number of carbonyl (C=O) groups excluding carboxylic acids is 1. The van der Waals surface area contributed by atoms with E-state index in [4.69, 9.17) is 0 Å². The maximum atomic E-state index is 12.9. The molecule has 24 heavy (non-hydrogen) atoms. The summed E-state index contributed by atoms with van der Waals surface area (Å²) in [5, 5.41) is 3.25. The molecule has 2 heterocycles. The topological polar surface area (TPSA) is 61.4 Å². The van der Waals surface area contributed by atoms with E-state index in [2.05, 4.69) is 20.2 Å². The Balaban J connectivity index is 1.67. The highest BCUT2D eigenvalue weighted by Crippen LogP contribution is 2.16. The Hall–Kier alpha value is -2.70. The Labute approximate surface area is 140 Å². The molecule has 1 aromatic carbocycles. The molecular weight excluding hydrogens is 309 g/mol. The highest BCUT2D eigenvalue weighted by molar-refractivity contribution is 5.49. The minimum atomic E-state index is -0.242. The molecule has 0 aliphatic carbocycles. The number of hydrogen-bond acceptors (Lipinski definition) is 5. The number of aryl methyl sites for hydroxylation is 1. The van der Waals surface area contributed by atoms with Crippen LogP contribution in [-0.2, 0) is 11.3 Å². The number of carbonyl (C=O) groups is 1. The van der Waals surface area contributed by atoms with Gasteiger partial charge in [0.05, 0.1) is 0 Å². The van der Waals surface area contributed by atoms with E-state index in [1.165, 1.54) is 12.1 Å². The van der Waals surface area contributed by atoms with Gasteiger partial charge in [0.1, 0.15) is 11.6 Å². The standard InChI is InChI=1S/C17H20FN5O/c1-13-10-16(19-11-14-2-4-15(18)5-3-14)21-17(20-13)23-8-6-22(12-24)7-9-23/h2-5,10,12H,6-9,11H2,1H3,(H,19,20,21). The van der Waals surface area contributed by atoms with Crippen molar-refractivity contribution in [3.05, 3.63) is 47.4 Å². The van der Waals surface area contributed by atoms with Gasteiger partial charge in [-0.1, -0.05) is 12.1 Å². The zero-order valence-electron chi connectivity index (χ0n) is 13.6. The maximum Gasteiger partial charge on any atom is 0.227 e. The van der Waals surface area contributed by atoms with Crippen LogP contribution >= 0.6 is 0 Å². The molecule has 0 unspecified atom stereocenters. The van der Waals surface area contributed by atoms with E-state index in [1.807, 2.05) is 13.0 Å². The largest absolute Gasteiger partial charge is 0.366 e. The van der Waals surface area contributed by atoms with Crippen molar-refractivity contribution in [1.29, 1.82) is 0 Å². The van der Waals surface area contributed by atoms with Gasteiger partial charge in [-0.3, -0.25) is 4.79 Å². The van der Waals surface area contributed by atoms with Gasteiger partial charge in [-0.15, -0.1) is 0 Å². The van der Waals surface area contributed by atoms with Gasteiger partial charge in [-0.25, -0.2) is 9.37 Å². The predicted molar refractivity (Wildman–Crippen MR) is 90.3 cm³/mol. The van der Waals surface area contributed by atoms with Crippen LogP contribution in [-0.4, -0.2) is 47.5 Å². The number of benzene rings is 1. The summed E-state index contributed by atoms with van der Waals surface area (Å²) >= 11 is 0. The van der Waals surface area contributed by atoms with E-state index < -0.39 is 0 Å².